The molecule has 0 radical (unpaired) electrons. The monoisotopic (exact) mass is 538 g/mol. The molecule has 3 amide bonds. The van der Waals surface area contributed by atoms with Crippen molar-refractivity contribution in [1.29, 1.82) is 0 Å². The summed E-state index contributed by atoms with van der Waals surface area (Å²) >= 11 is 0. The molecule has 40 heavy (non-hydrogen) atoms. The van der Waals surface area contributed by atoms with Gasteiger partial charge in [0.25, 0.3) is 5.91 Å². The van der Waals surface area contributed by atoms with Crippen LogP contribution in [0.15, 0.2) is 90.0 Å². The van der Waals surface area contributed by atoms with E-state index >= 15 is 0 Å². The topological polar surface area (TPSA) is 90.9 Å². The van der Waals surface area contributed by atoms with Gasteiger partial charge in [0.2, 0.25) is 11.8 Å². The van der Waals surface area contributed by atoms with Gasteiger partial charge < -0.3 is 5.32 Å². The Hall–Kier alpha value is -4.26. The lowest BCUT2D eigenvalue weighted by atomic mass is 9.94. The zero-order chi connectivity index (χ0) is 28.3. The van der Waals surface area contributed by atoms with Crippen molar-refractivity contribution in [3.05, 3.63) is 102 Å². The van der Waals surface area contributed by atoms with E-state index in [-0.39, 0.29) is 30.2 Å². The molecule has 7 heteroatoms. The Morgan fingerprint density at radius 1 is 0.850 bits per heavy atom. The second-order valence-corrected chi connectivity index (χ2v) is 10.5. The normalized spacial score (nSPS) is 14.6. The number of amides is 3. The summed E-state index contributed by atoms with van der Waals surface area (Å²) < 4.78 is 0. The zero-order valence-electron chi connectivity index (χ0n) is 23.3. The molecule has 0 heterocycles. The number of nitrogens with one attached hydrogen (secondary N) is 2. The molecule has 208 valence electrons. The van der Waals surface area contributed by atoms with Crippen molar-refractivity contribution in [3.63, 3.8) is 0 Å². The lowest BCUT2D eigenvalue weighted by Crippen LogP contribution is -2.47. The van der Waals surface area contributed by atoms with Crippen molar-refractivity contribution in [3.8, 4) is 0 Å². The van der Waals surface area contributed by atoms with Crippen LogP contribution >= 0.6 is 0 Å². The Labute approximate surface area is 236 Å². The van der Waals surface area contributed by atoms with Crippen molar-refractivity contribution in [2.24, 2.45) is 5.10 Å². The fourth-order valence-electron chi connectivity index (χ4n) is 5.02. The van der Waals surface area contributed by atoms with E-state index in [0.29, 0.717) is 17.2 Å². The van der Waals surface area contributed by atoms with Gasteiger partial charge in [0.1, 0.15) is 6.04 Å². The molecule has 0 saturated heterocycles. The Balaban J connectivity index is 1.61. The summed E-state index contributed by atoms with van der Waals surface area (Å²) in [4.78, 5) is 41.6. The molecule has 0 aliphatic heterocycles. The number of hydrazone groups is 1. The van der Waals surface area contributed by atoms with Crippen LogP contribution in [0.2, 0.25) is 0 Å². The molecule has 3 aromatic rings. The maximum atomic E-state index is 13.9. The lowest BCUT2D eigenvalue weighted by Gasteiger charge is -2.33. The number of carbonyl (C=O) groups is 3. The van der Waals surface area contributed by atoms with Crippen LogP contribution < -0.4 is 15.6 Å². The molecule has 7 nitrogen and oxygen atoms in total. The van der Waals surface area contributed by atoms with Gasteiger partial charge in [-0.05, 0) is 54.2 Å². The van der Waals surface area contributed by atoms with E-state index in [9.17, 15) is 14.4 Å². The zero-order valence-corrected chi connectivity index (χ0v) is 23.3. The van der Waals surface area contributed by atoms with E-state index in [1.54, 1.807) is 29.2 Å². The van der Waals surface area contributed by atoms with Crippen LogP contribution in [0.5, 0.6) is 0 Å². The van der Waals surface area contributed by atoms with Gasteiger partial charge in [0, 0.05) is 23.5 Å². The highest BCUT2D eigenvalue weighted by molar-refractivity contribution is 6.06. The molecule has 4 rings (SSSR count). The van der Waals surface area contributed by atoms with Crippen LogP contribution in [0.3, 0.4) is 0 Å². The summed E-state index contributed by atoms with van der Waals surface area (Å²) in [5.74, 6) is -0.533. The molecule has 0 aromatic heterocycles. The van der Waals surface area contributed by atoms with Gasteiger partial charge in [-0.3, -0.25) is 19.3 Å². The minimum Gasteiger partial charge on any atom is -0.351 e. The van der Waals surface area contributed by atoms with E-state index in [2.05, 4.69) is 29.7 Å². The van der Waals surface area contributed by atoms with Crippen LogP contribution in [0, 0.1) is 0 Å². The van der Waals surface area contributed by atoms with E-state index in [1.807, 2.05) is 60.7 Å². The molecule has 2 N–H and O–H groups in total. The average molecular weight is 539 g/mol. The van der Waals surface area contributed by atoms with Gasteiger partial charge in [-0.25, -0.2) is 5.43 Å². The molecule has 1 unspecified atom stereocenters. The van der Waals surface area contributed by atoms with Gasteiger partial charge >= 0.3 is 0 Å². The third kappa shape index (κ3) is 7.65. The third-order valence-electron chi connectivity index (χ3n) is 7.24. The third-order valence-corrected chi connectivity index (χ3v) is 7.24. The number of hydrogen-bond donors (Lipinski definition) is 2. The highest BCUT2D eigenvalue weighted by Gasteiger charge is 2.33. The van der Waals surface area contributed by atoms with Gasteiger partial charge in [0.05, 0.1) is 6.42 Å². The number of hydrogen-bond acceptors (Lipinski definition) is 4. The lowest BCUT2D eigenvalue weighted by molar-refractivity contribution is -0.127. The molecule has 1 fully saturated rings. The van der Waals surface area contributed by atoms with E-state index in [4.69, 9.17) is 0 Å². The minimum absolute atomic E-state index is 0.0962. The summed E-state index contributed by atoms with van der Waals surface area (Å²) in [6.07, 6.45) is 6.52. The van der Waals surface area contributed by atoms with Crippen LogP contribution in [0.25, 0.3) is 0 Å². The Kier molecular flexibility index (Phi) is 10.2. The SMILES string of the molecule is CC(C)c1ccc(N(C(=O)C/C=N/NC(=O)c2ccccc2)C(C(=O)NC2CCCCC2)c2ccccc2)cc1. The van der Waals surface area contributed by atoms with Crippen molar-refractivity contribution in [2.75, 3.05) is 4.90 Å². The molecule has 1 aliphatic carbocycles. The van der Waals surface area contributed by atoms with Crippen LogP contribution in [0.4, 0.5) is 5.69 Å². The van der Waals surface area contributed by atoms with Crippen molar-refractivity contribution < 1.29 is 14.4 Å². The fraction of sp³-hybridized carbons (Fsp3) is 0.333. The molecule has 1 aliphatic rings. The predicted molar refractivity (Wildman–Crippen MR) is 159 cm³/mol. The molecular formula is C33H38N4O3. The number of anilines is 1. The predicted octanol–water partition coefficient (Wildman–Crippen LogP) is 6.14. The number of benzene rings is 3. The molecule has 0 spiro atoms. The summed E-state index contributed by atoms with van der Waals surface area (Å²) in [6, 6.07) is 25.2. The van der Waals surface area contributed by atoms with Crippen LogP contribution in [-0.2, 0) is 9.59 Å². The molecule has 1 atom stereocenters. The van der Waals surface area contributed by atoms with E-state index in [1.165, 1.54) is 12.6 Å². The van der Waals surface area contributed by atoms with E-state index in [0.717, 1.165) is 36.8 Å². The first-order chi connectivity index (χ1) is 19.4. The van der Waals surface area contributed by atoms with Gasteiger partial charge in [-0.1, -0.05) is 93.8 Å². The van der Waals surface area contributed by atoms with Gasteiger partial charge in [0.15, 0.2) is 0 Å². The van der Waals surface area contributed by atoms with E-state index < -0.39 is 6.04 Å². The summed E-state index contributed by atoms with van der Waals surface area (Å²) in [7, 11) is 0. The highest BCUT2D eigenvalue weighted by atomic mass is 16.2. The number of carbonyl (C=O) groups excluding carboxylic acids is 3. The fourth-order valence-corrected chi connectivity index (χ4v) is 5.02. The first kappa shape index (κ1) is 28.7. The second kappa shape index (κ2) is 14.2. The number of rotatable bonds is 10. The summed E-state index contributed by atoms with van der Waals surface area (Å²) in [5, 5.41) is 7.23. The maximum absolute atomic E-state index is 13.9. The smallest absolute Gasteiger partial charge is 0.271 e. The van der Waals surface area contributed by atoms with Crippen molar-refractivity contribution >= 4 is 29.6 Å². The summed E-state index contributed by atoms with van der Waals surface area (Å²) in [6.45, 7) is 4.23. The molecule has 0 bridgehead atoms. The highest BCUT2D eigenvalue weighted by Crippen LogP contribution is 2.31. The standard InChI is InChI=1S/C33H38N4O3/c1-24(2)25-18-20-29(21-19-25)37(30(38)22-23-34-36-32(39)27-14-8-4-9-15-27)31(26-12-6-3-7-13-26)33(40)35-28-16-10-5-11-17-28/h3-4,6-9,12-15,18-21,23-24,28,31H,5,10-11,16-17,22H2,1-2H3,(H,35,40)(H,36,39)/b34-23+. The van der Waals surface area contributed by atoms with Crippen molar-refractivity contribution in [1.82, 2.24) is 10.7 Å². The summed E-state index contributed by atoms with van der Waals surface area (Å²) in [5.41, 5.74) is 5.44. The first-order valence-corrected chi connectivity index (χ1v) is 14.1. The Morgan fingerprint density at radius 2 is 1.48 bits per heavy atom. The molecular weight excluding hydrogens is 500 g/mol. The maximum Gasteiger partial charge on any atom is 0.271 e. The number of nitrogens with zero attached hydrogens (tertiary/aromatic N) is 2. The van der Waals surface area contributed by atoms with Crippen LogP contribution in [0.1, 0.15) is 85.8 Å². The Morgan fingerprint density at radius 3 is 2.10 bits per heavy atom. The minimum atomic E-state index is -0.854. The molecule has 3 aromatic carbocycles. The molecule has 1 saturated carbocycles. The Bertz CT molecular complexity index is 1280. The largest absolute Gasteiger partial charge is 0.351 e. The quantitative estimate of drug-likeness (QED) is 0.240. The average Bonchev–Trinajstić information content (AvgIpc) is 2.99. The van der Waals surface area contributed by atoms with Crippen LogP contribution in [-0.4, -0.2) is 30.0 Å². The van der Waals surface area contributed by atoms with Crippen molar-refractivity contribution in [2.45, 2.75) is 70.4 Å². The first-order valence-electron chi connectivity index (χ1n) is 14.1. The second-order valence-electron chi connectivity index (χ2n) is 10.5. The van der Waals surface area contributed by atoms with Gasteiger partial charge in [-0.2, -0.15) is 5.10 Å². The van der Waals surface area contributed by atoms with Gasteiger partial charge in [-0.15, -0.1) is 0 Å².